The first-order chi connectivity index (χ1) is 17.3. The maximum absolute atomic E-state index is 6.53. The molecule has 4 heteroatoms. The largest absolute Gasteiger partial charge is 0.457 e. The second kappa shape index (κ2) is 10.4. The van der Waals surface area contributed by atoms with E-state index in [2.05, 4.69) is 60.7 Å². The van der Waals surface area contributed by atoms with E-state index in [1.165, 1.54) is 0 Å². The van der Waals surface area contributed by atoms with Crippen molar-refractivity contribution in [3.63, 3.8) is 0 Å². The summed E-state index contributed by atoms with van der Waals surface area (Å²) < 4.78 is 19.1. The predicted molar refractivity (Wildman–Crippen MR) is 144 cm³/mol. The molecule has 0 atom stereocenters. The Labute approximate surface area is 207 Å². The van der Waals surface area contributed by atoms with Crippen molar-refractivity contribution in [2.75, 3.05) is 7.11 Å². The molecule has 0 amide bonds. The van der Waals surface area contributed by atoms with Gasteiger partial charge >= 0.3 is 0 Å². The number of hydrogen-bond acceptors (Lipinski definition) is 3. The van der Waals surface area contributed by atoms with Gasteiger partial charge in [0.05, 0.1) is 0 Å². The molecular formula is C31H26O3Si. The van der Waals surface area contributed by atoms with E-state index in [4.69, 9.17) is 13.9 Å². The summed E-state index contributed by atoms with van der Waals surface area (Å²) in [4.78, 5) is 0. The molecule has 0 heterocycles. The Hall–Kier alpha value is -4.12. The molecular weight excluding hydrogens is 448 g/mol. The molecule has 0 bridgehead atoms. The number of para-hydroxylation sites is 2. The third-order valence-electron chi connectivity index (χ3n) is 5.91. The van der Waals surface area contributed by atoms with Gasteiger partial charge < -0.3 is 13.9 Å². The Balaban J connectivity index is 1.70. The minimum Gasteiger partial charge on any atom is -0.457 e. The fourth-order valence-corrected chi connectivity index (χ4v) is 8.06. The molecule has 172 valence electrons. The van der Waals surface area contributed by atoms with Gasteiger partial charge in [0, 0.05) is 13.2 Å². The summed E-state index contributed by atoms with van der Waals surface area (Å²) >= 11 is 0. The lowest BCUT2D eigenvalue weighted by molar-refractivity contribution is 0.425. The molecule has 0 radical (unpaired) electrons. The highest BCUT2D eigenvalue weighted by atomic mass is 28.4. The maximum Gasteiger partial charge on any atom is 0.288 e. The van der Waals surface area contributed by atoms with Crippen LogP contribution in [-0.4, -0.2) is 15.4 Å². The third-order valence-corrected chi connectivity index (χ3v) is 9.92. The topological polar surface area (TPSA) is 27.7 Å². The molecule has 0 aliphatic heterocycles. The van der Waals surface area contributed by atoms with E-state index in [1.54, 1.807) is 7.11 Å². The van der Waals surface area contributed by atoms with Crippen LogP contribution in [-0.2, 0) is 4.43 Å². The van der Waals surface area contributed by atoms with Gasteiger partial charge in [0.1, 0.15) is 23.0 Å². The monoisotopic (exact) mass is 474 g/mol. The van der Waals surface area contributed by atoms with Gasteiger partial charge in [-0.15, -0.1) is 0 Å². The molecule has 5 rings (SSSR count). The van der Waals surface area contributed by atoms with Gasteiger partial charge in [-0.3, -0.25) is 0 Å². The Morgan fingerprint density at radius 2 is 0.771 bits per heavy atom. The first kappa shape index (κ1) is 22.7. The van der Waals surface area contributed by atoms with E-state index in [0.29, 0.717) is 11.5 Å². The molecule has 0 unspecified atom stereocenters. The van der Waals surface area contributed by atoms with Crippen molar-refractivity contribution in [3.8, 4) is 23.0 Å². The van der Waals surface area contributed by atoms with E-state index >= 15 is 0 Å². The standard InChI is InChI=1S/C31H26O3Si/c1-32-35(29-18-10-4-11-19-29,30-20-12-5-13-21-30)31-23-27(33-25-14-6-2-7-15-25)22-28(24-31)34-26-16-8-3-9-17-26/h2-24H,1H3. The van der Waals surface area contributed by atoms with Crippen LogP contribution in [0.4, 0.5) is 0 Å². The summed E-state index contributed by atoms with van der Waals surface area (Å²) in [6.45, 7) is 0. The van der Waals surface area contributed by atoms with Gasteiger partial charge in [-0.1, -0.05) is 97.1 Å². The zero-order chi connectivity index (χ0) is 23.9. The highest BCUT2D eigenvalue weighted by Crippen LogP contribution is 2.29. The van der Waals surface area contributed by atoms with Crippen molar-refractivity contribution in [3.05, 3.63) is 140 Å². The molecule has 35 heavy (non-hydrogen) atoms. The molecule has 0 fully saturated rings. The number of hydrogen-bond donors (Lipinski definition) is 0. The molecule has 0 saturated carbocycles. The molecule has 0 N–H and O–H groups in total. The molecule has 0 saturated heterocycles. The van der Waals surface area contributed by atoms with Crippen LogP contribution in [0.15, 0.2) is 140 Å². The highest BCUT2D eigenvalue weighted by Gasteiger charge is 2.41. The van der Waals surface area contributed by atoms with Crippen molar-refractivity contribution in [1.29, 1.82) is 0 Å². The smallest absolute Gasteiger partial charge is 0.288 e. The Morgan fingerprint density at radius 3 is 1.14 bits per heavy atom. The Bertz CT molecular complexity index is 1260. The van der Waals surface area contributed by atoms with Crippen molar-refractivity contribution in [2.45, 2.75) is 0 Å². The number of benzene rings is 5. The lowest BCUT2D eigenvalue weighted by Crippen LogP contribution is -2.68. The third kappa shape index (κ3) is 4.89. The van der Waals surface area contributed by atoms with Gasteiger partial charge in [-0.25, -0.2) is 0 Å². The summed E-state index contributed by atoms with van der Waals surface area (Å²) in [6, 6.07) is 46.5. The summed E-state index contributed by atoms with van der Waals surface area (Å²) in [6.07, 6.45) is 0. The normalized spacial score (nSPS) is 11.1. The molecule has 3 nitrogen and oxygen atoms in total. The summed E-state index contributed by atoms with van der Waals surface area (Å²) in [5, 5.41) is 3.34. The summed E-state index contributed by atoms with van der Waals surface area (Å²) in [5.74, 6) is 2.92. The van der Waals surface area contributed by atoms with Crippen LogP contribution in [0, 0.1) is 0 Å². The van der Waals surface area contributed by atoms with E-state index in [9.17, 15) is 0 Å². The average Bonchev–Trinajstić information content (AvgIpc) is 2.92. The van der Waals surface area contributed by atoms with Crippen LogP contribution in [0.2, 0.25) is 0 Å². The number of rotatable bonds is 8. The van der Waals surface area contributed by atoms with Crippen LogP contribution in [0.25, 0.3) is 0 Å². The van der Waals surface area contributed by atoms with Gasteiger partial charge in [-0.2, -0.15) is 0 Å². The minimum absolute atomic E-state index is 0.695. The van der Waals surface area contributed by atoms with Crippen molar-refractivity contribution in [1.82, 2.24) is 0 Å². The Kier molecular flexibility index (Phi) is 6.75. The predicted octanol–water partition coefficient (Wildman–Crippen LogP) is 5.88. The van der Waals surface area contributed by atoms with Crippen molar-refractivity contribution < 1.29 is 13.9 Å². The molecule has 0 aliphatic carbocycles. The zero-order valence-electron chi connectivity index (χ0n) is 19.5. The maximum atomic E-state index is 6.53. The van der Waals surface area contributed by atoms with E-state index in [0.717, 1.165) is 27.1 Å². The lowest BCUT2D eigenvalue weighted by atomic mass is 10.3. The van der Waals surface area contributed by atoms with Crippen LogP contribution < -0.4 is 25.0 Å². The van der Waals surface area contributed by atoms with Gasteiger partial charge in [0.2, 0.25) is 0 Å². The van der Waals surface area contributed by atoms with E-state index < -0.39 is 8.32 Å². The summed E-state index contributed by atoms with van der Waals surface area (Å²) in [5.41, 5.74) is 0. The fraction of sp³-hybridized carbons (Fsp3) is 0.0323. The van der Waals surface area contributed by atoms with Gasteiger partial charge in [0.15, 0.2) is 0 Å². The first-order valence-electron chi connectivity index (χ1n) is 11.6. The SMILES string of the molecule is CO[Si](c1ccccc1)(c1ccccc1)c1cc(Oc2ccccc2)cc(Oc2ccccc2)c1. The first-order valence-corrected chi connectivity index (χ1v) is 13.5. The number of ether oxygens (including phenoxy) is 2. The van der Waals surface area contributed by atoms with Crippen LogP contribution >= 0.6 is 0 Å². The van der Waals surface area contributed by atoms with Gasteiger partial charge in [-0.05, 0) is 52.0 Å². The van der Waals surface area contributed by atoms with Gasteiger partial charge in [0.25, 0.3) is 8.32 Å². The van der Waals surface area contributed by atoms with Crippen molar-refractivity contribution >= 4 is 23.9 Å². The molecule has 0 aromatic heterocycles. The van der Waals surface area contributed by atoms with E-state index in [1.807, 2.05) is 78.9 Å². The van der Waals surface area contributed by atoms with E-state index in [-0.39, 0.29) is 0 Å². The molecule has 5 aromatic carbocycles. The second-order valence-corrected chi connectivity index (χ2v) is 11.6. The minimum atomic E-state index is -2.85. The second-order valence-electron chi connectivity index (χ2n) is 8.14. The summed E-state index contributed by atoms with van der Waals surface area (Å²) in [7, 11) is -1.05. The molecule has 5 aromatic rings. The quantitative estimate of drug-likeness (QED) is 0.207. The van der Waals surface area contributed by atoms with Crippen LogP contribution in [0.3, 0.4) is 0 Å². The Morgan fingerprint density at radius 1 is 0.400 bits per heavy atom. The molecule has 0 spiro atoms. The fourth-order valence-electron chi connectivity index (χ4n) is 4.34. The highest BCUT2D eigenvalue weighted by molar-refractivity contribution is 7.07. The van der Waals surface area contributed by atoms with Crippen molar-refractivity contribution in [2.24, 2.45) is 0 Å². The van der Waals surface area contributed by atoms with Crippen LogP contribution in [0.5, 0.6) is 23.0 Å². The lowest BCUT2D eigenvalue weighted by Gasteiger charge is -2.32. The molecule has 0 aliphatic rings. The van der Waals surface area contributed by atoms with Crippen LogP contribution in [0.1, 0.15) is 0 Å². The zero-order valence-corrected chi connectivity index (χ0v) is 20.5. The average molecular weight is 475 g/mol.